The zero-order valence-corrected chi connectivity index (χ0v) is 10.2. The van der Waals surface area contributed by atoms with Crippen molar-refractivity contribution >= 4 is 11.7 Å². The van der Waals surface area contributed by atoms with Crippen molar-refractivity contribution < 1.29 is 28.3 Å². The fourth-order valence-electron chi connectivity index (χ4n) is 1.65. The Kier molecular flexibility index (Phi) is 3.79. The molecule has 0 amide bonds. The number of aromatic carboxylic acids is 1. The molecule has 2 rings (SSSR count). The van der Waals surface area contributed by atoms with Crippen molar-refractivity contribution in [3.63, 3.8) is 0 Å². The van der Waals surface area contributed by atoms with Crippen molar-refractivity contribution in [3.8, 4) is 11.5 Å². The quantitative estimate of drug-likeness (QED) is 0.690. The number of halogens is 2. The van der Waals surface area contributed by atoms with Crippen LogP contribution in [0.1, 0.15) is 10.4 Å². The second kappa shape index (κ2) is 5.53. The maximum Gasteiger partial charge on any atom is 0.347 e. The molecule has 0 heterocycles. The van der Waals surface area contributed by atoms with Gasteiger partial charge in [0.05, 0.1) is 4.92 Å². The minimum absolute atomic E-state index is 0.266. The lowest BCUT2D eigenvalue weighted by Crippen LogP contribution is -2.02. The first-order valence-electron chi connectivity index (χ1n) is 5.53. The smallest absolute Gasteiger partial charge is 0.347 e. The molecule has 2 aromatic rings. The van der Waals surface area contributed by atoms with Crippen molar-refractivity contribution in [3.05, 3.63) is 63.7 Å². The Labute approximate surface area is 116 Å². The predicted octanol–water partition coefficient (Wildman–Crippen LogP) is 3.36. The number of para-hydroxylation sites is 1. The summed E-state index contributed by atoms with van der Waals surface area (Å²) in [5.74, 6) is -4.82. The van der Waals surface area contributed by atoms with Crippen LogP contribution in [0.3, 0.4) is 0 Å². The zero-order valence-electron chi connectivity index (χ0n) is 10.2. The molecule has 0 bridgehead atoms. The Morgan fingerprint density at radius 1 is 1.19 bits per heavy atom. The Hall–Kier alpha value is -3.03. The van der Waals surface area contributed by atoms with E-state index in [4.69, 9.17) is 9.84 Å². The average molecular weight is 295 g/mol. The molecule has 0 radical (unpaired) electrons. The van der Waals surface area contributed by atoms with Crippen LogP contribution in [-0.4, -0.2) is 16.0 Å². The fraction of sp³-hybridized carbons (Fsp3) is 0. The van der Waals surface area contributed by atoms with Crippen molar-refractivity contribution in [1.82, 2.24) is 0 Å². The van der Waals surface area contributed by atoms with E-state index in [9.17, 15) is 23.7 Å². The van der Waals surface area contributed by atoms with Crippen LogP contribution >= 0.6 is 0 Å². The van der Waals surface area contributed by atoms with Gasteiger partial charge in [-0.1, -0.05) is 12.1 Å². The highest BCUT2D eigenvalue weighted by atomic mass is 19.1. The van der Waals surface area contributed by atoms with E-state index in [0.717, 1.165) is 0 Å². The number of nitrogens with zero attached hydrogens (tertiary/aromatic N) is 1. The van der Waals surface area contributed by atoms with Gasteiger partial charge in [-0.15, -0.1) is 0 Å². The Balaban J connectivity index is 2.54. The van der Waals surface area contributed by atoms with Crippen LogP contribution in [0.5, 0.6) is 11.5 Å². The molecule has 0 atom stereocenters. The van der Waals surface area contributed by atoms with E-state index in [1.54, 1.807) is 0 Å². The summed E-state index contributed by atoms with van der Waals surface area (Å²) in [5, 5.41) is 19.8. The third kappa shape index (κ3) is 2.94. The van der Waals surface area contributed by atoms with Gasteiger partial charge < -0.3 is 9.84 Å². The summed E-state index contributed by atoms with van der Waals surface area (Å²) in [6.45, 7) is 0. The van der Waals surface area contributed by atoms with Crippen molar-refractivity contribution in [2.75, 3.05) is 0 Å². The van der Waals surface area contributed by atoms with Crippen molar-refractivity contribution in [1.29, 1.82) is 0 Å². The highest BCUT2D eigenvalue weighted by molar-refractivity contribution is 5.91. The van der Waals surface area contributed by atoms with Crippen LogP contribution in [-0.2, 0) is 0 Å². The molecule has 0 aliphatic rings. The molecule has 0 spiro atoms. The van der Waals surface area contributed by atoms with Crippen LogP contribution in [0.4, 0.5) is 14.5 Å². The molecule has 0 unspecified atom stereocenters. The molecule has 0 saturated heterocycles. The molecule has 6 nitrogen and oxygen atoms in total. The van der Waals surface area contributed by atoms with Gasteiger partial charge in [-0.3, -0.25) is 10.1 Å². The Morgan fingerprint density at radius 3 is 2.48 bits per heavy atom. The SMILES string of the molecule is O=C(O)c1ccccc1Oc1cc(F)cc(F)c1[N+](=O)[O-]. The Morgan fingerprint density at radius 2 is 1.86 bits per heavy atom. The van der Waals surface area contributed by atoms with E-state index >= 15 is 0 Å². The number of hydrogen-bond donors (Lipinski definition) is 1. The number of rotatable bonds is 4. The molecule has 8 heteroatoms. The van der Waals surface area contributed by atoms with Crippen molar-refractivity contribution in [2.24, 2.45) is 0 Å². The van der Waals surface area contributed by atoms with Gasteiger partial charge in [0, 0.05) is 12.1 Å². The minimum Gasteiger partial charge on any atom is -0.478 e. The summed E-state index contributed by atoms with van der Waals surface area (Å²) >= 11 is 0. The van der Waals surface area contributed by atoms with Gasteiger partial charge in [0.15, 0.2) is 0 Å². The third-order valence-corrected chi connectivity index (χ3v) is 2.51. The molecule has 2 aromatic carbocycles. The van der Waals surface area contributed by atoms with Gasteiger partial charge in [0.25, 0.3) is 0 Å². The predicted molar refractivity (Wildman–Crippen MR) is 66.5 cm³/mol. The van der Waals surface area contributed by atoms with Gasteiger partial charge in [-0.2, -0.15) is 4.39 Å². The number of nitro benzene ring substituents is 1. The molecular formula is C13H7F2NO5. The van der Waals surface area contributed by atoms with Crippen LogP contribution < -0.4 is 4.74 Å². The minimum atomic E-state index is -1.41. The average Bonchev–Trinajstić information content (AvgIpc) is 2.37. The van der Waals surface area contributed by atoms with E-state index in [1.807, 2.05) is 0 Å². The maximum absolute atomic E-state index is 13.4. The van der Waals surface area contributed by atoms with Gasteiger partial charge in [0.2, 0.25) is 11.6 Å². The lowest BCUT2D eigenvalue weighted by molar-refractivity contribution is -0.388. The first kappa shape index (κ1) is 14.4. The zero-order chi connectivity index (χ0) is 15.6. The van der Waals surface area contributed by atoms with Crippen LogP contribution in [0, 0.1) is 21.7 Å². The van der Waals surface area contributed by atoms with Gasteiger partial charge in [-0.25, -0.2) is 9.18 Å². The topological polar surface area (TPSA) is 89.7 Å². The second-order valence-electron chi connectivity index (χ2n) is 3.89. The number of carboxylic acids is 1. The molecule has 21 heavy (non-hydrogen) atoms. The summed E-state index contributed by atoms with van der Waals surface area (Å²) < 4.78 is 31.6. The summed E-state index contributed by atoms with van der Waals surface area (Å²) in [6.07, 6.45) is 0. The monoisotopic (exact) mass is 295 g/mol. The van der Waals surface area contributed by atoms with Crippen molar-refractivity contribution in [2.45, 2.75) is 0 Å². The number of benzene rings is 2. The molecule has 0 aliphatic carbocycles. The molecule has 1 N–H and O–H groups in total. The van der Waals surface area contributed by atoms with Gasteiger partial charge >= 0.3 is 11.7 Å². The highest BCUT2D eigenvalue weighted by Gasteiger charge is 2.25. The second-order valence-corrected chi connectivity index (χ2v) is 3.89. The largest absolute Gasteiger partial charge is 0.478 e. The highest BCUT2D eigenvalue weighted by Crippen LogP contribution is 2.35. The van der Waals surface area contributed by atoms with E-state index in [2.05, 4.69) is 0 Å². The van der Waals surface area contributed by atoms with E-state index in [1.165, 1.54) is 24.3 Å². The number of carbonyl (C=O) groups is 1. The van der Waals surface area contributed by atoms with E-state index in [0.29, 0.717) is 12.1 Å². The Bertz CT molecular complexity index is 732. The number of nitro groups is 1. The first-order valence-corrected chi connectivity index (χ1v) is 5.53. The molecule has 0 aliphatic heterocycles. The molecule has 0 aromatic heterocycles. The number of hydrogen-bond acceptors (Lipinski definition) is 4. The van der Waals surface area contributed by atoms with Crippen LogP contribution in [0.25, 0.3) is 0 Å². The van der Waals surface area contributed by atoms with Gasteiger partial charge in [0.1, 0.15) is 17.1 Å². The standard InChI is InChI=1S/C13H7F2NO5/c14-7-5-9(15)12(16(19)20)11(6-7)21-10-4-2-1-3-8(10)13(17)18/h1-6H,(H,17,18). The summed E-state index contributed by atoms with van der Waals surface area (Å²) in [5.41, 5.74) is -1.37. The van der Waals surface area contributed by atoms with Crippen LogP contribution in [0.2, 0.25) is 0 Å². The molecule has 0 fully saturated rings. The maximum atomic E-state index is 13.4. The summed E-state index contributed by atoms with van der Waals surface area (Å²) in [4.78, 5) is 20.7. The summed E-state index contributed by atoms with van der Waals surface area (Å²) in [6, 6.07) is 6.20. The molecule has 0 saturated carbocycles. The molecule has 108 valence electrons. The van der Waals surface area contributed by atoms with E-state index < -0.39 is 34.0 Å². The summed E-state index contributed by atoms with van der Waals surface area (Å²) in [7, 11) is 0. The number of carboxylic acid groups (broad SMARTS) is 1. The first-order chi connectivity index (χ1) is 9.90. The number of ether oxygens (including phenoxy) is 1. The third-order valence-electron chi connectivity index (χ3n) is 2.51. The van der Waals surface area contributed by atoms with Crippen LogP contribution in [0.15, 0.2) is 36.4 Å². The van der Waals surface area contributed by atoms with Gasteiger partial charge in [-0.05, 0) is 12.1 Å². The normalized spacial score (nSPS) is 10.2. The van der Waals surface area contributed by atoms with E-state index in [-0.39, 0.29) is 11.3 Å². The molecular weight excluding hydrogens is 288 g/mol. The lowest BCUT2D eigenvalue weighted by atomic mass is 10.2. The fourth-order valence-corrected chi connectivity index (χ4v) is 1.65. The lowest BCUT2D eigenvalue weighted by Gasteiger charge is -2.09.